The number of carbonyl (C=O) groups excluding carboxylic acids is 1. The third-order valence-corrected chi connectivity index (χ3v) is 9.00. The third-order valence-electron chi connectivity index (χ3n) is 7.31. The Morgan fingerprint density at radius 1 is 0.838 bits per heavy atom. The van der Waals surface area contributed by atoms with Crippen LogP contribution in [0.1, 0.15) is 57.9 Å². The molecule has 0 unspecified atom stereocenters. The molecule has 0 aromatic heterocycles. The van der Waals surface area contributed by atoms with E-state index in [1.165, 1.54) is 16.7 Å². The van der Waals surface area contributed by atoms with Crippen LogP contribution in [0.2, 0.25) is 0 Å². The lowest BCUT2D eigenvalue weighted by Crippen LogP contribution is -2.48. The van der Waals surface area contributed by atoms with E-state index >= 15 is 0 Å². The van der Waals surface area contributed by atoms with Crippen molar-refractivity contribution in [2.75, 3.05) is 26.2 Å². The normalized spacial score (nSPS) is 14.6. The van der Waals surface area contributed by atoms with Gasteiger partial charge in [0.1, 0.15) is 0 Å². The number of nitrogens with zero attached hydrogens (tertiary/aromatic N) is 2. The average Bonchev–Trinajstić information content (AvgIpc) is 2.89. The Bertz CT molecular complexity index is 1320. The Balaban J connectivity index is 1.42. The average molecular weight is 519 g/mol. The van der Waals surface area contributed by atoms with Crippen molar-refractivity contribution in [3.63, 3.8) is 0 Å². The van der Waals surface area contributed by atoms with Crippen molar-refractivity contribution in [2.24, 2.45) is 0 Å². The second kappa shape index (κ2) is 12.1. The fourth-order valence-corrected chi connectivity index (χ4v) is 6.19. The van der Waals surface area contributed by atoms with Crippen LogP contribution in [-0.2, 0) is 28.6 Å². The summed E-state index contributed by atoms with van der Waals surface area (Å²) in [5, 5.41) is 0. The van der Waals surface area contributed by atoms with E-state index in [1.807, 2.05) is 36.1 Å². The van der Waals surface area contributed by atoms with E-state index < -0.39 is 9.84 Å². The van der Waals surface area contributed by atoms with E-state index in [0.717, 1.165) is 50.0 Å². The highest BCUT2D eigenvalue weighted by atomic mass is 32.2. The van der Waals surface area contributed by atoms with Crippen LogP contribution in [-0.4, -0.2) is 50.3 Å². The smallest absolute Gasteiger partial charge is 0.254 e. The highest BCUT2D eigenvalue weighted by Gasteiger charge is 2.25. The number of hydrogen-bond acceptors (Lipinski definition) is 4. The Kier molecular flexibility index (Phi) is 8.83. The van der Waals surface area contributed by atoms with Crippen molar-refractivity contribution in [2.45, 2.75) is 57.2 Å². The van der Waals surface area contributed by atoms with Crippen LogP contribution in [0.5, 0.6) is 0 Å². The Morgan fingerprint density at radius 2 is 1.51 bits per heavy atom. The Labute approximate surface area is 222 Å². The van der Waals surface area contributed by atoms with Crippen molar-refractivity contribution in [3.05, 3.63) is 100 Å². The molecule has 0 aliphatic carbocycles. The van der Waals surface area contributed by atoms with Gasteiger partial charge in [-0.2, -0.15) is 0 Å². The minimum absolute atomic E-state index is 0.0741. The predicted octanol–water partition coefficient (Wildman–Crippen LogP) is 5.58. The number of carbonyl (C=O) groups is 1. The van der Waals surface area contributed by atoms with Crippen LogP contribution < -0.4 is 0 Å². The lowest BCUT2D eigenvalue weighted by molar-refractivity contribution is 0.0627. The van der Waals surface area contributed by atoms with Crippen molar-refractivity contribution in [3.8, 4) is 0 Å². The molecule has 1 amide bonds. The number of amides is 1. The molecule has 0 atom stereocenters. The van der Waals surface area contributed by atoms with E-state index in [0.29, 0.717) is 18.7 Å². The Hall–Kier alpha value is -2.96. The lowest BCUT2D eigenvalue weighted by Gasteiger charge is -2.35. The molecule has 0 saturated carbocycles. The van der Waals surface area contributed by atoms with Gasteiger partial charge < -0.3 is 4.90 Å². The third kappa shape index (κ3) is 6.88. The molecule has 3 aromatic rings. The van der Waals surface area contributed by atoms with Gasteiger partial charge in [0, 0.05) is 38.3 Å². The van der Waals surface area contributed by atoms with E-state index in [2.05, 4.69) is 43.0 Å². The number of piperazine rings is 1. The van der Waals surface area contributed by atoms with E-state index in [-0.39, 0.29) is 16.6 Å². The molecule has 196 valence electrons. The summed E-state index contributed by atoms with van der Waals surface area (Å²) in [6.45, 7) is 9.89. The van der Waals surface area contributed by atoms with Crippen molar-refractivity contribution < 1.29 is 13.2 Å². The molecule has 4 rings (SSSR count). The van der Waals surface area contributed by atoms with Gasteiger partial charge in [-0.1, -0.05) is 67.9 Å². The molecule has 3 aromatic carbocycles. The fraction of sp³-hybridized carbons (Fsp3) is 0.387. The zero-order valence-corrected chi connectivity index (χ0v) is 23.1. The summed E-state index contributed by atoms with van der Waals surface area (Å²) in [5.41, 5.74) is 5.85. The number of aryl methyl sites for hydroxylation is 3. The minimum atomic E-state index is -3.57. The van der Waals surface area contributed by atoms with Gasteiger partial charge in [-0.25, -0.2) is 8.42 Å². The number of rotatable bonds is 9. The molecule has 37 heavy (non-hydrogen) atoms. The highest BCUT2D eigenvalue weighted by molar-refractivity contribution is 7.90. The van der Waals surface area contributed by atoms with Crippen LogP contribution >= 0.6 is 0 Å². The first-order valence-corrected chi connectivity index (χ1v) is 14.9. The van der Waals surface area contributed by atoms with Gasteiger partial charge >= 0.3 is 0 Å². The number of hydrogen-bond donors (Lipinski definition) is 0. The highest BCUT2D eigenvalue weighted by Crippen LogP contribution is 2.23. The largest absolute Gasteiger partial charge is 0.336 e. The molecule has 1 heterocycles. The van der Waals surface area contributed by atoms with Crippen molar-refractivity contribution in [1.82, 2.24) is 9.80 Å². The van der Waals surface area contributed by atoms with Crippen LogP contribution in [0.3, 0.4) is 0 Å². The maximum Gasteiger partial charge on any atom is 0.254 e. The molecule has 0 N–H and O–H groups in total. The monoisotopic (exact) mass is 518 g/mol. The zero-order chi connectivity index (χ0) is 26.4. The number of benzene rings is 3. The lowest BCUT2D eigenvalue weighted by atomic mass is 10.1. The molecule has 1 saturated heterocycles. The summed E-state index contributed by atoms with van der Waals surface area (Å²) in [6, 6.07) is 21.2. The molecule has 1 aliphatic heterocycles. The van der Waals surface area contributed by atoms with Crippen LogP contribution in [0.25, 0.3) is 0 Å². The predicted molar refractivity (Wildman–Crippen MR) is 149 cm³/mol. The van der Waals surface area contributed by atoms with E-state index in [9.17, 15) is 13.2 Å². The molecule has 0 spiro atoms. The van der Waals surface area contributed by atoms with Gasteiger partial charge in [-0.3, -0.25) is 9.69 Å². The van der Waals surface area contributed by atoms with E-state index in [1.54, 1.807) is 18.2 Å². The first-order chi connectivity index (χ1) is 17.8. The van der Waals surface area contributed by atoms with Crippen molar-refractivity contribution in [1.29, 1.82) is 0 Å². The zero-order valence-electron chi connectivity index (χ0n) is 22.2. The van der Waals surface area contributed by atoms with Gasteiger partial charge in [0.25, 0.3) is 5.91 Å². The molecule has 1 aliphatic rings. The summed E-state index contributed by atoms with van der Waals surface area (Å²) in [4.78, 5) is 17.8. The molecular weight excluding hydrogens is 480 g/mol. The quantitative estimate of drug-likeness (QED) is 0.371. The molecule has 6 heteroatoms. The second-order valence-corrected chi connectivity index (χ2v) is 12.1. The maximum absolute atomic E-state index is 13.4. The number of sulfone groups is 1. The van der Waals surface area contributed by atoms with Crippen LogP contribution in [0, 0.1) is 13.8 Å². The Morgan fingerprint density at radius 3 is 2.19 bits per heavy atom. The number of unbranched alkanes of at least 4 members (excludes halogenated alkanes) is 1. The topological polar surface area (TPSA) is 57.7 Å². The summed E-state index contributed by atoms with van der Waals surface area (Å²) in [5.74, 6) is -0.166. The van der Waals surface area contributed by atoms with E-state index in [4.69, 9.17) is 0 Å². The van der Waals surface area contributed by atoms with Gasteiger partial charge in [-0.15, -0.1) is 0 Å². The molecule has 5 nitrogen and oxygen atoms in total. The first kappa shape index (κ1) is 27.1. The second-order valence-electron chi connectivity index (χ2n) is 10.2. The van der Waals surface area contributed by atoms with Gasteiger partial charge in [0.05, 0.1) is 10.6 Å². The SMILES string of the molecule is CCCCc1ccc(CS(=O)(=O)c2ccc(C)c(C(=O)N3CCN(Cc4ccccc4C)CC3)c2)cc1. The summed E-state index contributed by atoms with van der Waals surface area (Å²) >= 11 is 0. The van der Waals surface area contributed by atoms with Gasteiger partial charge in [0.2, 0.25) is 0 Å². The standard InChI is InChI=1S/C31H38N2O3S/c1-4-5-9-26-12-14-27(15-13-26)23-37(35,36)29-16-11-25(3)30(21-29)31(34)33-19-17-32(18-20-33)22-28-10-7-6-8-24(28)2/h6-8,10-16,21H,4-5,9,17-20,22-23H2,1-3H3. The molecule has 0 bridgehead atoms. The van der Waals surface area contributed by atoms with Crippen molar-refractivity contribution >= 4 is 15.7 Å². The summed E-state index contributed by atoms with van der Waals surface area (Å²) in [7, 11) is -3.57. The van der Waals surface area contributed by atoms with Crippen LogP contribution in [0.15, 0.2) is 71.6 Å². The summed E-state index contributed by atoms with van der Waals surface area (Å²) in [6.07, 6.45) is 3.26. The molecular formula is C31H38N2O3S. The summed E-state index contributed by atoms with van der Waals surface area (Å²) < 4.78 is 26.5. The first-order valence-electron chi connectivity index (χ1n) is 13.2. The molecule has 0 radical (unpaired) electrons. The minimum Gasteiger partial charge on any atom is -0.336 e. The maximum atomic E-state index is 13.4. The van der Waals surface area contributed by atoms with Gasteiger partial charge in [-0.05, 0) is 66.6 Å². The molecule has 1 fully saturated rings. The fourth-order valence-electron chi connectivity index (χ4n) is 4.82. The van der Waals surface area contributed by atoms with Gasteiger partial charge in [0.15, 0.2) is 9.84 Å². The van der Waals surface area contributed by atoms with Crippen LogP contribution in [0.4, 0.5) is 0 Å².